The number of carboxylic acid groups (broad SMARTS) is 2. The topological polar surface area (TPSA) is 106 Å². The fourth-order valence-corrected chi connectivity index (χ4v) is 0.716. The highest BCUT2D eigenvalue weighted by Crippen LogP contribution is 2.25. The standard InChI is InChI=1S/C7H5NO6/c9-6(10)13-4-1-2-8-3-5(4)14-7(11)12/h1-3H,(H,9,10)(H,11,12). The SMILES string of the molecule is O=C(O)Oc1ccncc1OC(=O)O. The maximum atomic E-state index is 10.2. The molecular formula is C7H5NO6. The van der Waals surface area contributed by atoms with Crippen molar-refractivity contribution in [1.82, 2.24) is 4.98 Å². The van der Waals surface area contributed by atoms with E-state index >= 15 is 0 Å². The monoisotopic (exact) mass is 199 g/mol. The van der Waals surface area contributed by atoms with Crippen LogP contribution in [-0.2, 0) is 0 Å². The molecule has 0 aromatic carbocycles. The van der Waals surface area contributed by atoms with Crippen LogP contribution in [0.4, 0.5) is 9.59 Å². The molecule has 0 spiro atoms. The molecule has 0 saturated carbocycles. The quantitative estimate of drug-likeness (QED) is 0.689. The zero-order chi connectivity index (χ0) is 10.6. The van der Waals surface area contributed by atoms with Gasteiger partial charge in [-0.2, -0.15) is 0 Å². The van der Waals surface area contributed by atoms with Crippen LogP contribution in [0.1, 0.15) is 0 Å². The Morgan fingerprint density at radius 2 is 1.71 bits per heavy atom. The van der Waals surface area contributed by atoms with Crippen molar-refractivity contribution < 1.29 is 29.3 Å². The molecule has 0 radical (unpaired) electrons. The molecule has 74 valence electrons. The van der Waals surface area contributed by atoms with E-state index < -0.39 is 12.3 Å². The van der Waals surface area contributed by atoms with E-state index in [1.807, 2.05) is 0 Å². The van der Waals surface area contributed by atoms with E-state index in [4.69, 9.17) is 10.2 Å². The van der Waals surface area contributed by atoms with Gasteiger partial charge >= 0.3 is 12.3 Å². The zero-order valence-electron chi connectivity index (χ0n) is 6.71. The summed E-state index contributed by atoms with van der Waals surface area (Å²) in [4.78, 5) is 23.9. The maximum absolute atomic E-state index is 10.2. The summed E-state index contributed by atoms with van der Waals surface area (Å²) in [5.74, 6) is -0.502. The predicted octanol–water partition coefficient (Wildman–Crippen LogP) is 1.20. The number of aromatic nitrogens is 1. The smallest absolute Gasteiger partial charge is 0.449 e. The van der Waals surface area contributed by atoms with Crippen LogP contribution in [0.15, 0.2) is 18.5 Å². The van der Waals surface area contributed by atoms with Crippen molar-refractivity contribution in [1.29, 1.82) is 0 Å². The molecule has 1 rings (SSSR count). The summed E-state index contributed by atoms with van der Waals surface area (Å²) < 4.78 is 8.45. The molecule has 0 aliphatic heterocycles. The Balaban J connectivity index is 2.90. The highest BCUT2D eigenvalue weighted by Gasteiger charge is 2.11. The van der Waals surface area contributed by atoms with Gasteiger partial charge in [0.1, 0.15) is 0 Å². The first-order chi connectivity index (χ1) is 6.59. The number of ether oxygens (including phenoxy) is 2. The first kappa shape index (κ1) is 9.78. The van der Waals surface area contributed by atoms with Gasteiger partial charge < -0.3 is 19.7 Å². The van der Waals surface area contributed by atoms with Crippen molar-refractivity contribution in [3.8, 4) is 11.5 Å². The van der Waals surface area contributed by atoms with Crippen LogP contribution in [-0.4, -0.2) is 27.5 Å². The minimum atomic E-state index is -1.58. The molecule has 14 heavy (non-hydrogen) atoms. The van der Waals surface area contributed by atoms with E-state index in [0.717, 1.165) is 6.20 Å². The van der Waals surface area contributed by atoms with Gasteiger partial charge in [-0.15, -0.1) is 0 Å². The number of pyridine rings is 1. The Hall–Kier alpha value is -2.31. The Kier molecular flexibility index (Phi) is 2.85. The molecule has 0 atom stereocenters. The molecular weight excluding hydrogens is 194 g/mol. The lowest BCUT2D eigenvalue weighted by Gasteiger charge is -2.04. The molecule has 0 unspecified atom stereocenters. The first-order valence-corrected chi connectivity index (χ1v) is 3.35. The molecule has 7 nitrogen and oxygen atoms in total. The van der Waals surface area contributed by atoms with Crippen molar-refractivity contribution in [3.63, 3.8) is 0 Å². The molecule has 0 fully saturated rings. The summed E-state index contributed by atoms with van der Waals surface area (Å²) in [7, 11) is 0. The lowest BCUT2D eigenvalue weighted by molar-refractivity contribution is 0.132. The van der Waals surface area contributed by atoms with Crippen LogP contribution in [0, 0.1) is 0 Å². The van der Waals surface area contributed by atoms with E-state index in [9.17, 15) is 9.59 Å². The van der Waals surface area contributed by atoms with Gasteiger partial charge in [-0.1, -0.05) is 0 Å². The van der Waals surface area contributed by atoms with Gasteiger partial charge in [0.2, 0.25) is 0 Å². The number of nitrogens with zero attached hydrogens (tertiary/aromatic N) is 1. The molecule has 2 N–H and O–H groups in total. The zero-order valence-corrected chi connectivity index (χ0v) is 6.71. The minimum Gasteiger partial charge on any atom is -0.449 e. The van der Waals surface area contributed by atoms with Gasteiger partial charge in [-0.25, -0.2) is 9.59 Å². The van der Waals surface area contributed by atoms with E-state index in [2.05, 4.69) is 14.5 Å². The average molecular weight is 199 g/mol. The van der Waals surface area contributed by atoms with Crippen molar-refractivity contribution in [3.05, 3.63) is 18.5 Å². The molecule has 0 aliphatic rings. The molecule has 1 heterocycles. The highest BCUT2D eigenvalue weighted by atomic mass is 16.7. The van der Waals surface area contributed by atoms with Crippen LogP contribution < -0.4 is 9.47 Å². The van der Waals surface area contributed by atoms with Crippen molar-refractivity contribution in [2.75, 3.05) is 0 Å². The van der Waals surface area contributed by atoms with E-state index in [-0.39, 0.29) is 11.5 Å². The number of rotatable bonds is 2. The summed E-state index contributed by atoms with van der Waals surface area (Å²) in [5.41, 5.74) is 0. The largest absolute Gasteiger partial charge is 0.511 e. The van der Waals surface area contributed by atoms with Gasteiger partial charge in [-0.05, 0) is 0 Å². The van der Waals surface area contributed by atoms with Crippen molar-refractivity contribution in [2.24, 2.45) is 0 Å². The van der Waals surface area contributed by atoms with E-state index in [1.54, 1.807) is 0 Å². The van der Waals surface area contributed by atoms with Crippen LogP contribution in [0.5, 0.6) is 11.5 Å². The second-order valence-corrected chi connectivity index (χ2v) is 2.06. The van der Waals surface area contributed by atoms with Crippen LogP contribution in [0.3, 0.4) is 0 Å². The third-order valence-electron chi connectivity index (χ3n) is 1.14. The third kappa shape index (κ3) is 2.63. The van der Waals surface area contributed by atoms with Crippen molar-refractivity contribution in [2.45, 2.75) is 0 Å². The normalized spacial score (nSPS) is 9.14. The van der Waals surface area contributed by atoms with Gasteiger partial charge in [-0.3, -0.25) is 4.98 Å². The van der Waals surface area contributed by atoms with Crippen molar-refractivity contribution >= 4 is 12.3 Å². The molecule has 0 amide bonds. The Labute approximate surface area is 77.5 Å². The van der Waals surface area contributed by atoms with Gasteiger partial charge in [0, 0.05) is 12.3 Å². The number of carbonyl (C=O) groups is 2. The Morgan fingerprint density at radius 1 is 1.14 bits per heavy atom. The Bertz CT molecular complexity index is 328. The summed E-state index contributed by atoms with van der Waals surface area (Å²) in [6, 6.07) is 1.17. The number of hydrogen-bond donors (Lipinski definition) is 2. The molecule has 1 aromatic heterocycles. The molecule has 1 aromatic rings. The summed E-state index contributed by atoms with van der Waals surface area (Å²) >= 11 is 0. The summed E-state index contributed by atoms with van der Waals surface area (Å²) in [5, 5.41) is 16.6. The predicted molar refractivity (Wildman–Crippen MR) is 41.5 cm³/mol. The second kappa shape index (κ2) is 4.08. The maximum Gasteiger partial charge on any atom is 0.511 e. The Morgan fingerprint density at radius 3 is 2.29 bits per heavy atom. The molecule has 0 saturated heterocycles. The van der Waals surface area contributed by atoms with Gasteiger partial charge in [0.25, 0.3) is 0 Å². The van der Waals surface area contributed by atoms with Gasteiger partial charge in [0.05, 0.1) is 6.20 Å². The highest BCUT2D eigenvalue weighted by molar-refractivity contribution is 5.66. The third-order valence-corrected chi connectivity index (χ3v) is 1.14. The average Bonchev–Trinajstić information content (AvgIpc) is 2.06. The van der Waals surface area contributed by atoms with E-state index in [0.29, 0.717) is 0 Å². The van der Waals surface area contributed by atoms with Crippen LogP contribution in [0.2, 0.25) is 0 Å². The molecule has 0 aliphatic carbocycles. The fraction of sp³-hybridized carbons (Fsp3) is 0. The second-order valence-electron chi connectivity index (χ2n) is 2.06. The van der Waals surface area contributed by atoms with Gasteiger partial charge in [0.15, 0.2) is 11.5 Å². The minimum absolute atomic E-state index is 0.227. The van der Waals surface area contributed by atoms with E-state index in [1.165, 1.54) is 12.3 Å². The fourth-order valence-electron chi connectivity index (χ4n) is 0.716. The summed E-state index contributed by atoms with van der Waals surface area (Å²) in [6.07, 6.45) is -0.862. The molecule has 7 heteroatoms. The van der Waals surface area contributed by atoms with Crippen LogP contribution >= 0.6 is 0 Å². The lowest BCUT2D eigenvalue weighted by atomic mass is 10.4. The molecule has 0 bridgehead atoms. The van der Waals surface area contributed by atoms with Crippen LogP contribution in [0.25, 0.3) is 0 Å². The first-order valence-electron chi connectivity index (χ1n) is 3.35. The summed E-state index contributed by atoms with van der Waals surface area (Å²) in [6.45, 7) is 0. The number of hydrogen-bond acceptors (Lipinski definition) is 5. The lowest BCUT2D eigenvalue weighted by Crippen LogP contribution is -2.08.